The molecule has 0 aliphatic carbocycles. The SMILES string of the molecule is Cc1ccc(C)c(S(=O)(=O)NCC(N)=O)c1. The first-order valence-corrected chi connectivity index (χ1v) is 6.16. The minimum atomic E-state index is -3.66. The number of sulfonamides is 1. The number of hydrogen-bond acceptors (Lipinski definition) is 3. The van der Waals surface area contributed by atoms with Crippen LogP contribution in [-0.4, -0.2) is 20.9 Å². The van der Waals surface area contributed by atoms with Gasteiger partial charge in [-0.15, -0.1) is 0 Å². The lowest BCUT2D eigenvalue weighted by Crippen LogP contribution is -2.33. The molecule has 6 heteroatoms. The molecule has 0 spiro atoms. The van der Waals surface area contributed by atoms with Crippen molar-refractivity contribution in [2.45, 2.75) is 18.7 Å². The number of benzene rings is 1. The molecule has 0 saturated heterocycles. The summed E-state index contributed by atoms with van der Waals surface area (Å²) in [6, 6.07) is 5.09. The molecule has 0 bridgehead atoms. The molecule has 1 amide bonds. The quantitative estimate of drug-likeness (QED) is 0.782. The van der Waals surface area contributed by atoms with Crippen LogP contribution in [0.3, 0.4) is 0 Å². The molecule has 0 saturated carbocycles. The van der Waals surface area contributed by atoms with E-state index in [-0.39, 0.29) is 4.90 Å². The standard InChI is InChI=1S/C10H14N2O3S/c1-7-3-4-8(2)9(5-7)16(14,15)12-6-10(11)13/h3-5,12H,6H2,1-2H3,(H2,11,13). The zero-order chi connectivity index (χ0) is 12.3. The average molecular weight is 242 g/mol. The van der Waals surface area contributed by atoms with Crippen LogP contribution in [0.2, 0.25) is 0 Å². The average Bonchev–Trinajstić information content (AvgIpc) is 2.19. The first kappa shape index (κ1) is 12.7. The van der Waals surface area contributed by atoms with Gasteiger partial charge in [0.2, 0.25) is 15.9 Å². The molecular formula is C10H14N2O3S. The van der Waals surface area contributed by atoms with E-state index in [1.807, 2.05) is 6.07 Å². The third-order valence-electron chi connectivity index (χ3n) is 2.07. The van der Waals surface area contributed by atoms with Gasteiger partial charge < -0.3 is 5.73 Å². The van der Waals surface area contributed by atoms with Crippen molar-refractivity contribution in [1.82, 2.24) is 4.72 Å². The Bertz CT molecular complexity index is 509. The Labute approximate surface area is 94.7 Å². The van der Waals surface area contributed by atoms with Gasteiger partial charge in [0.1, 0.15) is 0 Å². The van der Waals surface area contributed by atoms with E-state index in [2.05, 4.69) is 4.72 Å². The van der Waals surface area contributed by atoms with Crippen molar-refractivity contribution in [2.75, 3.05) is 6.54 Å². The number of primary amides is 1. The van der Waals surface area contributed by atoms with Crippen LogP contribution >= 0.6 is 0 Å². The fourth-order valence-corrected chi connectivity index (χ4v) is 2.56. The van der Waals surface area contributed by atoms with Gasteiger partial charge in [-0.05, 0) is 31.0 Å². The number of nitrogens with one attached hydrogen (secondary N) is 1. The summed E-state index contributed by atoms with van der Waals surface area (Å²) < 4.78 is 25.7. The summed E-state index contributed by atoms with van der Waals surface area (Å²) in [5.41, 5.74) is 6.35. The van der Waals surface area contributed by atoms with Gasteiger partial charge in [0.15, 0.2) is 0 Å². The molecule has 1 aromatic carbocycles. The molecule has 0 aliphatic heterocycles. The molecule has 0 radical (unpaired) electrons. The monoisotopic (exact) mass is 242 g/mol. The van der Waals surface area contributed by atoms with Crippen LogP contribution in [0.5, 0.6) is 0 Å². The van der Waals surface area contributed by atoms with Crippen LogP contribution in [-0.2, 0) is 14.8 Å². The Hall–Kier alpha value is -1.40. The van der Waals surface area contributed by atoms with Crippen molar-refractivity contribution >= 4 is 15.9 Å². The van der Waals surface area contributed by atoms with Crippen molar-refractivity contribution in [3.05, 3.63) is 29.3 Å². The largest absolute Gasteiger partial charge is 0.369 e. The number of nitrogens with two attached hydrogens (primary N) is 1. The third kappa shape index (κ3) is 3.04. The third-order valence-corrected chi connectivity index (χ3v) is 3.61. The summed E-state index contributed by atoms with van der Waals surface area (Å²) in [6.07, 6.45) is 0. The van der Waals surface area contributed by atoms with Crippen LogP contribution in [0.25, 0.3) is 0 Å². The second-order valence-corrected chi connectivity index (χ2v) is 5.30. The summed E-state index contributed by atoms with van der Waals surface area (Å²) in [6.45, 7) is 3.10. The molecule has 3 N–H and O–H groups in total. The Morgan fingerprint density at radius 1 is 1.38 bits per heavy atom. The molecule has 5 nitrogen and oxygen atoms in total. The van der Waals surface area contributed by atoms with E-state index in [0.29, 0.717) is 5.56 Å². The van der Waals surface area contributed by atoms with Gasteiger partial charge in [-0.3, -0.25) is 4.79 Å². The summed E-state index contributed by atoms with van der Waals surface area (Å²) in [5.74, 6) is -0.714. The summed E-state index contributed by atoms with van der Waals surface area (Å²) >= 11 is 0. The molecule has 0 unspecified atom stereocenters. The highest BCUT2D eigenvalue weighted by molar-refractivity contribution is 7.89. The highest BCUT2D eigenvalue weighted by Crippen LogP contribution is 2.16. The van der Waals surface area contributed by atoms with E-state index in [9.17, 15) is 13.2 Å². The second kappa shape index (κ2) is 4.63. The Morgan fingerprint density at radius 2 is 2.00 bits per heavy atom. The Balaban J connectivity index is 3.07. The first-order valence-electron chi connectivity index (χ1n) is 4.68. The van der Waals surface area contributed by atoms with E-state index >= 15 is 0 Å². The van der Waals surface area contributed by atoms with E-state index in [1.165, 1.54) is 0 Å². The van der Waals surface area contributed by atoms with Gasteiger partial charge in [0, 0.05) is 0 Å². The number of amides is 1. The van der Waals surface area contributed by atoms with Crippen molar-refractivity contribution in [1.29, 1.82) is 0 Å². The van der Waals surface area contributed by atoms with Gasteiger partial charge in [0.05, 0.1) is 11.4 Å². The number of aryl methyl sites for hydroxylation is 2. The zero-order valence-corrected chi connectivity index (χ0v) is 9.97. The van der Waals surface area contributed by atoms with Crippen LogP contribution in [0.4, 0.5) is 0 Å². The fourth-order valence-electron chi connectivity index (χ4n) is 1.24. The summed E-state index contributed by atoms with van der Waals surface area (Å²) in [7, 11) is -3.66. The van der Waals surface area contributed by atoms with Gasteiger partial charge in [-0.2, -0.15) is 0 Å². The van der Waals surface area contributed by atoms with Crippen LogP contribution < -0.4 is 10.5 Å². The first-order chi connectivity index (χ1) is 7.33. The van der Waals surface area contributed by atoms with Crippen molar-refractivity contribution < 1.29 is 13.2 Å². The Kier molecular flexibility index (Phi) is 3.66. The maximum Gasteiger partial charge on any atom is 0.241 e. The molecule has 0 aromatic heterocycles. The lowest BCUT2D eigenvalue weighted by molar-refractivity contribution is -0.116. The summed E-state index contributed by atoms with van der Waals surface area (Å²) in [4.78, 5) is 10.7. The molecule has 1 aromatic rings. The predicted molar refractivity (Wildman–Crippen MR) is 60.3 cm³/mol. The predicted octanol–water partition coefficient (Wildman–Crippen LogP) is 0.0670. The Morgan fingerprint density at radius 3 is 2.56 bits per heavy atom. The summed E-state index contributed by atoms with van der Waals surface area (Å²) in [5, 5.41) is 0. The van der Waals surface area contributed by atoms with Gasteiger partial charge in [0.25, 0.3) is 0 Å². The number of rotatable bonds is 4. The second-order valence-electron chi connectivity index (χ2n) is 3.56. The molecule has 0 fully saturated rings. The number of hydrogen-bond donors (Lipinski definition) is 2. The molecule has 1 rings (SSSR count). The highest BCUT2D eigenvalue weighted by atomic mass is 32.2. The number of carbonyl (C=O) groups is 1. The minimum Gasteiger partial charge on any atom is -0.369 e. The van der Waals surface area contributed by atoms with Crippen LogP contribution in [0, 0.1) is 13.8 Å². The van der Waals surface area contributed by atoms with Crippen LogP contribution in [0.15, 0.2) is 23.1 Å². The van der Waals surface area contributed by atoms with Crippen molar-refractivity contribution in [3.8, 4) is 0 Å². The van der Waals surface area contributed by atoms with E-state index < -0.39 is 22.5 Å². The smallest absolute Gasteiger partial charge is 0.241 e. The highest BCUT2D eigenvalue weighted by Gasteiger charge is 2.17. The lowest BCUT2D eigenvalue weighted by Gasteiger charge is -2.08. The molecule has 0 heterocycles. The van der Waals surface area contributed by atoms with E-state index in [4.69, 9.17) is 5.73 Å². The zero-order valence-electron chi connectivity index (χ0n) is 9.15. The van der Waals surface area contributed by atoms with Gasteiger partial charge in [-0.1, -0.05) is 12.1 Å². The maximum absolute atomic E-state index is 11.8. The lowest BCUT2D eigenvalue weighted by atomic mass is 10.2. The molecule has 0 atom stereocenters. The molecule has 0 aliphatic rings. The fraction of sp³-hybridized carbons (Fsp3) is 0.300. The van der Waals surface area contributed by atoms with E-state index in [1.54, 1.807) is 26.0 Å². The normalized spacial score (nSPS) is 11.4. The maximum atomic E-state index is 11.8. The van der Waals surface area contributed by atoms with E-state index in [0.717, 1.165) is 5.56 Å². The number of carbonyl (C=O) groups excluding carboxylic acids is 1. The minimum absolute atomic E-state index is 0.175. The van der Waals surface area contributed by atoms with Crippen molar-refractivity contribution in [3.63, 3.8) is 0 Å². The van der Waals surface area contributed by atoms with Crippen molar-refractivity contribution in [2.24, 2.45) is 5.73 Å². The molecular weight excluding hydrogens is 228 g/mol. The van der Waals surface area contributed by atoms with Gasteiger partial charge >= 0.3 is 0 Å². The molecule has 88 valence electrons. The van der Waals surface area contributed by atoms with Crippen LogP contribution in [0.1, 0.15) is 11.1 Å². The topological polar surface area (TPSA) is 89.3 Å². The van der Waals surface area contributed by atoms with Gasteiger partial charge in [-0.25, -0.2) is 13.1 Å². The molecule has 16 heavy (non-hydrogen) atoms.